The number of rotatable bonds is 8. The number of benzene rings is 2. The molecule has 0 aliphatic rings. The molecule has 27 heavy (non-hydrogen) atoms. The minimum Gasteiger partial charge on any atom is -0.303 e. The van der Waals surface area contributed by atoms with Crippen molar-refractivity contribution in [3.05, 3.63) is 75.0 Å². The van der Waals surface area contributed by atoms with Gasteiger partial charge in [0.15, 0.2) is 5.16 Å². The predicted octanol–water partition coefficient (Wildman–Crippen LogP) is 7.00. The van der Waals surface area contributed by atoms with Gasteiger partial charge in [0.05, 0.1) is 5.75 Å². The molecule has 0 aliphatic heterocycles. The van der Waals surface area contributed by atoms with Crippen LogP contribution in [0.25, 0.3) is 0 Å². The van der Waals surface area contributed by atoms with Crippen LogP contribution in [0.15, 0.2) is 58.2 Å². The van der Waals surface area contributed by atoms with E-state index in [1.165, 1.54) is 11.1 Å². The molecule has 0 unspecified atom stereocenters. The molecule has 0 radical (unpaired) electrons. The van der Waals surface area contributed by atoms with Gasteiger partial charge >= 0.3 is 0 Å². The van der Waals surface area contributed by atoms with E-state index in [-0.39, 0.29) is 0 Å². The van der Waals surface area contributed by atoms with E-state index in [0.717, 1.165) is 37.7 Å². The molecule has 3 nitrogen and oxygen atoms in total. The molecule has 0 fully saturated rings. The third kappa shape index (κ3) is 6.01. The van der Waals surface area contributed by atoms with Gasteiger partial charge < -0.3 is 4.57 Å². The van der Waals surface area contributed by atoms with Crippen LogP contribution in [-0.4, -0.2) is 14.8 Å². The molecule has 0 atom stereocenters. The first kappa shape index (κ1) is 20.8. The quantitative estimate of drug-likeness (QED) is 0.323. The van der Waals surface area contributed by atoms with E-state index in [1.807, 2.05) is 23.9 Å². The number of thioether (sulfide) groups is 2. The van der Waals surface area contributed by atoms with E-state index in [1.54, 1.807) is 11.8 Å². The Morgan fingerprint density at radius 3 is 2.22 bits per heavy atom. The summed E-state index contributed by atoms with van der Waals surface area (Å²) >= 11 is 13.0. The number of aromatic nitrogens is 3. The third-order valence-corrected chi connectivity index (χ3v) is 6.74. The number of halogens is 2. The highest BCUT2D eigenvalue weighted by atomic mass is 79.9. The molecule has 0 spiro atoms. The molecule has 3 rings (SSSR count). The Labute approximate surface area is 182 Å². The summed E-state index contributed by atoms with van der Waals surface area (Å²) in [7, 11) is 0. The number of hydrogen-bond donors (Lipinski definition) is 0. The molecule has 7 heteroatoms. The van der Waals surface area contributed by atoms with Crippen molar-refractivity contribution >= 4 is 51.1 Å². The fourth-order valence-corrected chi connectivity index (χ4v) is 4.93. The van der Waals surface area contributed by atoms with Gasteiger partial charge in [0.2, 0.25) is 0 Å². The smallest absolute Gasteiger partial charge is 0.191 e. The van der Waals surface area contributed by atoms with Crippen LogP contribution in [0.1, 0.15) is 36.8 Å². The molecule has 0 bridgehead atoms. The lowest BCUT2D eigenvalue weighted by molar-refractivity contribution is 0.534. The van der Waals surface area contributed by atoms with E-state index >= 15 is 0 Å². The standard InChI is InChI=1S/C20H21BrClN3S2/c1-14(2)25-19(13-26-11-15-5-9-18(22)10-6-15)23-24-20(25)27-12-16-3-7-17(21)8-4-16/h3-10,14H,11-13H2,1-2H3. The van der Waals surface area contributed by atoms with Gasteiger partial charge in [-0.1, -0.05) is 63.6 Å². The van der Waals surface area contributed by atoms with Crippen LogP contribution < -0.4 is 0 Å². The maximum atomic E-state index is 5.95. The van der Waals surface area contributed by atoms with Crippen LogP contribution in [0.5, 0.6) is 0 Å². The van der Waals surface area contributed by atoms with Crippen LogP contribution in [0, 0.1) is 0 Å². The molecule has 1 aromatic heterocycles. The second-order valence-corrected chi connectivity index (χ2v) is 9.68. The fraction of sp³-hybridized carbons (Fsp3) is 0.300. The zero-order valence-corrected chi connectivity index (χ0v) is 19.2. The summed E-state index contributed by atoms with van der Waals surface area (Å²) in [5, 5.41) is 10.7. The lowest BCUT2D eigenvalue weighted by Gasteiger charge is -2.13. The third-order valence-electron chi connectivity index (χ3n) is 3.95. The molecular weight excluding hydrogens is 462 g/mol. The largest absolute Gasteiger partial charge is 0.303 e. The second-order valence-electron chi connectivity index (χ2n) is 6.40. The Kier molecular flexibility index (Phi) is 7.70. The van der Waals surface area contributed by atoms with Crippen molar-refractivity contribution in [2.75, 3.05) is 0 Å². The average Bonchev–Trinajstić information content (AvgIpc) is 3.06. The highest BCUT2D eigenvalue weighted by Crippen LogP contribution is 2.28. The number of hydrogen-bond acceptors (Lipinski definition) is 4. The van der Waals surface area contributed by atoms with Gasteiger partial charge in [0.25, 0.3) is 0 Å². The molecular formula is C20H21BrClN3S2. The SMILES string of the molecule is CC(C)n1c(CSCc2ccc(Cl)cc2)nnc1SCc1ccc(Br)cc1. The van der Waals surface area contributed by atoms with E-state index in [4.69, 9.17) is 11.6 Å². The van der Waals surface area contributed by atoms with Gasteiger partial charge in [0.1, 0.15) is 5.82 Å². The van der Waals surface area contributed by atoms with Crippen LogP contribution >= 0.6 is 51.1 Å². The first-order chi connectivity index (χ1) is 13.0. The summed E-state index contributed by atoms with van der Waals surface area (Å²) in [5.74, 6) is 3.69. The van der Waals surface area contributed by atoms with E-state index in [0.29, 0.717) is 6.04 Å². The van der Waals surface area contributed by atoms with Crippen molar-refractivity contribution in [2.24, 2.45) is 0 Å². The monoisotopic (exact) mass is 481 g/mol. The summed E-state index contributed by atoms with van der Waals surface area (Å²) < 4.78 is 3.35. The summed E-state index contributed by atoms with van der Waals surface area (Å²) in [6, 6.07) is 16.8. The van der Waals surface area contributed by atoms with Crippen molar-refractivity contribution in [1.29, 1.82) is 0 Å². The first-order valence-electron chi connectivity index (χ1n) is 8.66. The molecule has 0 N–H and O–H groups in total. The van der Waals surface area contributed by atoms with Crippen molar-refractivity contribution in [2.45, 2.75) is 42.3 Å². The van der Waals surface area contributed by atoms with Gasteiger partial charge in [-0.3, -0.25) is 0 Å². The fourth-order valence-electron chi connectivity index (χ4n) is 2.59. The molecule has 2 aromatic carbocycles. The lowest BCUT2D eigenvalue weighted by Crippen LogP contribution is -2.07. The Morgan fingerprint density at radius 2 is 1.56 bits per heavy atom. The Morgan fingerprint density at radius 1 is 0.926 bits per heavy atom. The van der Waals surface area contributed by atoms with Crippen LogP contribution in [0.3, 0.4) is 0 Å². The minimum absolute atomic E-state index is 0.332. The van der Waals surface area contributed by atoms with Gasteiger partial charge in [-0.2, -0.15) is 0 Å². The van der Waals surface area contributed by atoms with Gasteiger partial charge in [-0.15, -0.1) is 22.0 Å². The molecule has 1 heterocycles. The summed E-state index contributed by atoms with van der Waals surface area (Å²) in [6.45, 7) is 4.36. The summed E-state index contributed by atoms with van der Waals surface area (Å²) in [6.07, 6.45) is 0. The molecule has 3 aromatic rings. The van der Waals surface area contributed by atoms with E-state index < -0.39 is 0 Å². The molecule has 142 valence electrons. The van der Waals surface area contributed by atoms with Crippen LogP contribution in [0.2, 0.25) is 5.02 Å². The Balaban J connectivity index is 1.62. The minimum atomic E-state index is 0.332. The van der Waals surface area contributed by atoms with Gasteiger partial charge in [-0.05, 0) is 49.2 Å². The van der Waals surface area contributed by atoms with Gasteiger partial charge in [-0.25, -0.2) is 0 Å². The Bertz CT molecular complexity index is 864. The van der Waals surface area contributed by atoms with Crippen LogP contribution in [-0.2, 0) is 17.3 Å². The topological polar surface area (TPSA) is 30.7 Å². The highest BCUT2D eigenvalue weighted by Gasteiger charge is 2.15. The summed E-state index contributed by atoms with van der Waals surface area (Å²) in [4.78, 5) is 0. The van der Waals surface area contributed by atoms with Gasteiger partial charge in [0, 0.05) is 27.0 Å². The predicted molar refractivity (Wildman–Crippen MR) is 121 cm³/mol. The lowest BCUT2D eigenvalue weighted by atomic mass is 10.2. The van der Waals surface area contributed by atoms with E-state index in [2.05, 4.69) is 80.9 Å². The second kappa shape index (κ2) is 10.0. The number of nitrogens with zero attached hydrogens (tertiary/aromatic N) is 3. The van der Waals surface area contributed by atoms with Crippen molar-refractivity contribution < 1.29 is 0 Å². The maximum Gasteiger partial charge on any atom is 0.191 e. The maximum absolute atomic E-state index is 5.95. The molecule has 0 saturated carbocycles. The highest BCUT2D eigenvalue weighted by molar-refractivity contribution is 9.10. The zero-order chi connectivity index (χ0) is 19.2. The molecule has 0 saturated heterocycles. The van der Waals surface area contributed by atoms with Crippen molar-refractivity contribution in [1.82, 2.24) is 14.8 Å². The average molecular weight is 483 g/mol. The van der Waals surface area contributed by atoms with Crippen molar-refractivity contribution in [3.63, 3.8) is 0 Å². The normalized spacial score (nSPS) is 11.3. The van der Waals surface area contributed by atoms with Crippen molar-refractivity contribution in [3.8, 4) is 0 Å². The molecule has 0 aliphatic carbocycles. The van der Waals surface area contributed by atoms with Crippen LogP contribution in [0.4, 0.5) is 0 Å². The summed E-state index contributed by atoms with van der Waals surface area (Å²) in [5.41, 5.74) is 2.55. The molecule has 0 amide bonds. The first-order valence-corrected chi connectivity index (χ1v) is 12.0. The Hall–Kier alpha value is -0.950. The zero-order valence-electron chi connectivity index (χ0n) is 15.2. The van der Waals surface area contributed by atoms with E-state index in [9.17, 15) is 0 Å².